The molecule has 2 rings (SSSR count). The van der Waals surface area contributed by atoms with Gasteiger partial charge >= 0.3 is 0 Å². The Morgan fingerprint density at radius 1 is 0.952 bits per heavy atom. The van der Waals surface area contributed by atoms with E-state index >= 15 is 0 Å². The third-order valence-corrected chi connectivity index (χ3v) is 4.70. The normalized spacial score (nSPS) is 11.6. The highest BCUT2D eigenvalue weighted by Gasteiger charge is 2.25. The van der Waals surface area contributed by atoms with Crippen molar-refractivity contribution in [1.82, 2.24) is 0 Å². The summed E-state index contributed by atoms with van der Waals surface area (Å²) in [6.45, 7) is 3.65. The maximum Gasteiger partial charge on any atom is 0.188 e. The van der Waals surface area contributed by atoms with Crippen LogP contribution in [0.4, 0.5) is 14.5 Å². The molecule has 112 valence electrons. The number of halogens is 2. The van der Waals surface area contributed by atoms with Crippen LogP contribution in [0.1, 0.15) is 16.7 Å². The second-order valence-electron chi connectivity index (χ2n) is 5.07. The first-order valence-electron chi connectivity index (χ1n) is 6.23. The number of hydrogen-bond acceptors (Lipinski definition) is 3. The lowest BCUT2D eigenvalue weighted by molar-refractivity contribution is 0.520. The number of sulfone groups is 1. The van der Waals surface area contributed by atoms with Crippen molar-refractivity contribution >= 4 is 15.5 Å². The first-order valence-corrected chi connectivity index (χ1v) is 7.89. The molecule has 0 saturated heterocycles. The fraction of sp³-hybridized carbons (Fsp3) is 0.200. The van der Waals surface area contributed by atoms with Gasteiger partial charge in [0.1, 0.15) is 16.5 Å². The van der Waals surface area contributed by atoms with E-state index in [1.54, 1.807) is 12.1 Å². The fourth-order valence-electron chi connectivity index (χ4n) is 2.32. The van der Waals surface area contributed by atoms with Crippen LogP contribution in [0, 0.1) is 25.5 Å². The first-order chi connectivity index (χ1) is 9.69. The average Bonchev–Trinajstić information content (AvgIpc) is 2.23. The number of benzene rings is 2. The van der Waals surface area contributed by atoms with Crippen molar-refractivity contribution in [1.29, 1.82) is 0 Å². The van der Waals surface area contributed by atoms with Crippen molar-refractivity contribution in [2.24, 2.45) is 0 Å². The smallest absolute Gasteiger partial charge is 0.188 e. The molecule has 0 fully saturated rings. The fourth-order valence-corrected chi connectivity index (χ4v) is 3.78. The maximum absolute atomic E-state index is 13.8. The Labute approximate surface area is 122 Å². The molecule has 0 aliphatic rings. The van der Waals surface area contributed by atoms with E-state index in [1.807, 2.05) is 19.9 Å². The zero-order chi connectivity index (χ0) is 15.8. The van der Waals surface area contributed by atoms with Crippen LogP contribution in [0.5, 0.6) is 0 Å². The summed E-state index contributed by atoms with van der Waals surface area (Å²) in [6.07, 6.45) is 0. The number of hydrogen-bond donors (Lipinski definition) is 1. The molecule has 0 spiro atoms. The van der Waals surface area contributed by atoms with Gasteiger partial charge in [-0.25, -0.2) is 17.2 Å². The molecule has 0 unspecified atom stereocenters. The van der Waals surface area contributed by atoms with Gasteiger partial charge in [0.05, 0.1) is 5.75 Å². The van der Waals surface area contributed by atoms with Crippen LogP contribution in [0.2, 0.25) is 0 Å². The van der Waals surface area contributed by atoms with Gasteiger partial charge in [-0.1, -0.05) is 29.3 Å². The summed E-state index contributed by atoms with van der Waals surface area (Å²) in [5.74, 6) is -2.80. The molecule has 0 atom stereocenters. The van der Waals surface area contributed by atoms with Gasteiger partial charge in [0.2, 0.25) is 0 Å². The van der Waals surface area contributed by atoms with Gasteiger partial charge in [0.15, 0.2) is 9.84 Å². The van der Waals surface area contributed by atoms with Crippen LogP contribution in [-0.2, 0) is 15.6 Å². The molecule has 2 aromatic carbocycles. The molecule has 0 aromatic heterocycles. The van der Waals surface area contributed by atoms with Crippen LogP contribution in [0.3, 0.4) is 0 Å². The molecule has 2 aromatic rings. The number of anilines is 1. The van der Waals surface area contributed by atoms with Crippen molar-refractivity contribution in [3.63, 3.8) is 0 Å². The largest absolute Gasteiger partial charge is 0.399 e. The molecule has 0 heterocycles. The van der Waals surface area contributed by atoms with Crippen molar-refractivity contribution in [2.45, 2.75) is 24.5 Å². The van der Waals surface area contributed by atoms with Crippen LogP contribution in [0.15, 0.2) is 35.2 Å². The minimum atomic E-state index is -4.13. The molecule has 0 radical (unpaired) electrons. The summed E-state index contributed by atoms with van der Waals surface area (Å²) < 4.78 is 52.1. The molecule has 21 heavy (non-hydrogen) atoms. The van der Waals surface area contributed by atoms with Gasteiger partial charge in [-0.3, -0.25) is 0 Å². The molecule has 2 N–H and O–H groups in total. The highest BCUT2D eigenvalue weighted by atomic mass is 32.2. The van der Waals surface area contributed by atoms with E-state index in [4.69, 9.17) is 5.73 Å². The SMILES string of the molecule is Cc1cc(C)cc(CS(=O)(=O)c2c(F)cc(N)cc2F)c1. The zero-order valence-corrected chi connectivity index (χ0v) is 12.5. The molecule has 0 amide bonds. The Bertz CT molecular complexity index is 758. The zero-order valence-electron chi connectivity index (χ0n) is 11.7. The van der Waals surface area contributed by atoms with Crippen LogP contribution in [0.25, 0.3) is 0 Å². The second-order valence-corrected chi connectivity index (χ2v) is 7.00. The third kappa shape index (κ3) is 3.39. The lowest BCUT2D eigenvalue weighted by Crippen LogP contribution is -2.11. The van der Waals surface area contributed by atoms with Crippen LogP contribution in [-0.4, -0.2) is 8.42 Å². The van der Waals surface area contributed by atoms with Crippen molar-refractivity contribution in [2.75, 3.05) is 5.73 Å². The lowest BCUT2D eigenvalue weighted by Gasteiger charge is -2.09. The van der Waals surface area contributed by atoms with Crippen LogP contribution < -0.4 is 5.73 Å². The Balaban J connectivity index is 2.48. The van der Waals surface area contributed by atoms with E-state index in [-0.39, 0.29) is 5.69 Å². The number of nitrogens with two attached hydrogens (primary N) is 1. The Morgan fingerprint density at radius 3 is 1.90 bits per heavy atom. The van der Waals surface area contributed by atoms with Gasteiger partial charge in [-0.15, -0.1) is 0 Å². The summed E-state index contributed by atoms with van der Waals surface area (Å²) in [5, 5.41) is 0. The lowest BCUT2D eigenvalue weighted by atomic mass is 10.1. The molecule has 3 nitrogen and oxygen atoms in total. The summed E-state index contributed by atoms with van der Waals surface area (Å²) in [6, 6.07) is 6.85. The predicted molar refractivity (Wildman–Crippen MR) is 77.6 cm³/mol. The quantitative estimate of drug-likeness (QED) is 0.886. The van der Waals surface area contributed by atoms with E-state index in [0.29, 0.717) is 5.56 Å². The number of nitrogen functional groups attached to an aromatic ring is 1. The Morgan fingerprint density at radius 2 is 1.43 bits per heavy atom. The molecule has 0 saturated carbocycles. The van der Waals surface area contributed by atoms with E-state index in [9.17, 15) is 17.2 Å². The number of rotatable bonds is 3. The number of aryl methyl sites for hydroxylation is 2. The molecule has 6 heteroatoms. The molecule has 0 aliphatic heterocycles. The van der Waals surface area contributed by atoms with Gasteiger partial charge in [0.25, 0.3) is 0 Å². The summed E-state index contributed by atoms with van der Waals surface area (Å²) >= 11 is 0. The summed E-state index contributed by atoms with van der Waals surface area (Å²) in [5.41, 5.74) is 7.40. The molecular weight excluding hydrogens is 296 g/mol. The highest BCUT2D eigenvalue weighted by molar-refractivity contribution is 7.90. The predicted octanol–water partition coefficient (Wildman–Crippen LogP) is 3.14. The second kappa shape index (κ2) is 5.44. The van der Waals surface area contributed by atoms with Crippen LogP contribution >= 0.6 is 0 Å². The standard InChI is InChI=1S/C15H15F2NO2S/c1-9-3-10(2)5-11(4-9)8-21(19,20)15-13(16)6-12(18)7-14(15)17/h3-7H,8,18H2,1-2H3. The monoisotopic (exact) mass is 311 g/mol. The third-order valence-electron chi connectivity index (χ3n) is 2.97. The summed E-state index contributed by atoms with van der Waals surface area (Å²) in [7, 11) is -4.13. The Kier molecular flexibility index (Phi) is 4.00. The molecule has 0 bridgehead atoms. The van der Waals surface area contributed by atoms with E-state index in [2.05, 4.69) is 0 Å². The van der Waals surface area contributed by atoms with Gasteiger partial charge in [0, 0.05) is 5.69 Å². The average molecular weight is 311 g/mol. The Hall–Kier alpha value is -1.95. The van der Waals surface area contributed by atoms with Crippen molar-refractivity contribution in [3.05, 3.63) is 58.7 Å². The van der Waals surface area contributed by atoms with Gasteiger partial charge in [-0.2, -0.15) is 0 Å². The topological polar surface area (TPSA) is 60.2 Å². The van der Waals surface area contributed by atoms with Gasteiger partial charge < -0.3 is 5.73 Å². The molecular formula is C15H15F2NO2S. The van der Waals surface area contributed by atoms with E-state index in [0.717, 1.165) is 23.3 Å². The summed E-state index contributed by atoms with van der Waals surface area (Å²) in [4.78, 5) is -0.934. The van der Waals surface area contributed by atoms with E-state index < -0.39 is 32.1 Å². The minimum Gasteiger partial charge on any atom is -0.399 e. The minimum absolute atomic E-state index is 0.157. The van der Waals surface area contributed by atoms with Crippen molar-refractivity contribution < 1.29 is 17.2 Å². The van der Waals surface area contributed by atoms with Gasteiger partial charge in [-0.05, 0) is 31.5 Å². The van der Waals surface area contributed by atoms with E-state index in [1.165, 1.54) is 0 Å². The molecule has 0 aliphatic carbocycles. The first kappa shape index (κ1) is 15.4. The maximum atomic E-state index is 13.8. The highest BCUT2D eigenvalue weighted by Crippen LogP contribution is 2.25. The van der Waals surface area contributed by atoms with Crippen molar-refractivity contribution in [3.8, 4) is 0 Å².